The summed E-state index contributed by atoms with van der Waals surface area (Å²) in [5, 5.41) is 14.5. The van der Waals surface area contributed by atoms with Crippen LogP contribution in [0.1, 0.15) is 100 Å². The molecule has 10 heterocycles. The van der Waals surface area contributed by atoms with Crippen LogP contribution in [0.25, 0.3) is 110 Å². The van der Waals surface area contributed by atoms with Crippen LogP contribution in [0.3, 0.4) is 0 Å². The highest BCUT2D eigenvalue weighted by Crippen LogP contribution is 2.55. The number of aromatic nitrogens is 4. The lowest BCUT2D eigenvalue weighted by Crippen LogP contribution is -2.66. The topological polar surface area (TPSA) is 50.7 Å². The standard InChI is InChI=1S/C120H97B3N8O/c1-61-19-27-98-82(41-61)83-42-62(2)20-28-99(83)125(98)79-51-97-114-108(52-79)128-104-33-25-67(7)47-88(104)89-48-72(12)50-95(120(89)128)121(114)90-57-91-105(59-96(90)124-97)129(117-73(13)35-69(9)36-74(117)14)109-53-80(126-100-29-21-63(3)43-84(100)85-44-64(4)22-30-101(85)126)54-110-115(109)122(91)92-58-93-107(60-106(92)130(110)118-75(15)37-70(10)38-76(118)16)131(119-77(17)39-71(11)40-78(119)18)111-55-81(56-113-116(111)123(93)94-49-68(8)26-34-112(94)132-113)127-102-31-23-65(5)45-86(102)87-46-66(6)24-32-103(87)127/h19-60,124H,1-18H3. The maximum Gasteiger partial charge on any atom is 0.256 e. The normalized spacial score (nSPS) is 13.6. The molecule has 1 N–H and O–H groups in total. The number of nitrogens with one attached hydrogen (secondary N) is 1. The number of aryl methyl sites for hydroxylation is 18. The SMILES string of the molecule is Cc1cc(C)c(N2c3cc4c(cc3B3c5cc(C)ccc5Oc5cc(-n6c7ccc(C)cc7c7cc(C)ccc76)cc2c53)B2c3cc5c(cc3N(c3c(C)cc(C)cc3C)c3cc(-n6c7ccc(C)cc7c7cc(C)ccc76)cc(c32)N4c2c(C)cc(C)cc2C)Nc2cc(-n3c4ccc(C)cc4c4cc(C)ccc43)cc3c2B5c2cc(C)cc4c5cc(C)ccc5n-3c24)c(C)c1. The first-order valence-corrected chi connectivity index (χ1v) is 47.0. The van der Waals surface area contributed by atoms with E-state index in [0.717, 1.165) is 102 Å². The van der Waals surface area contributed by atoms with E-state index in [4.69, 9.17) is 4.74 Å². The van der Waals surface area contributed by atoms with E-state index in [1.165, 1.54) is 232 Å². The highest BCUT2D eigenvalue weighted by molar-refractivity contribution is 7.04. The van der Waals surface area contributed by atoms with Crippen molar-refractivity contribution in [3.05, 3.63) is 355 Å². The Labute approximate surface area is 770 Å². The van der Waals surface area contributed by atoms with Gasteiger partial charge in [0.1, 0.15) is 11.5 Å². The van der Waals surface area contributed by atoms with E-state index in [0.29, 0.717) is 0 Å². The zero-order valence-corrected chi connectivity index (χ0v) is 78.0. The van der Waals surface area contributed by atoms with Crippen LogP contribution in [0.4, 0.5) is 62.6 Å². The smallest absolute Gasteiger partial charge is 0.256 e. The summed E-state index contributed by atoms with van der Waals surface area (Å²) in [4.78, 5) is 8.19. The molecule has 6 aliphatic rings. The molecule has 632 valence electrons. The summed E-state index contributed by atoms with van der Waals surface area (Å²) in [6, 6.07) is 102. The van der Waals surface area contributed by atoms with Gasteiger partial charge in [0.25, 0.3) is 20.1 Å². The second kappa shape index (κ2) is 26.9. The lowest BCUT2D eigenvalue weighted by molar-refractivity contribution is 0.487. The minimum Gasteiger partial charge on any atom is -0.458 e. The molecule has 0 unspecified atom stereocenters. The second-order valence-electron chi connectivity index (χ2n) is 40.2. The number of anilines is 11. The Morgan fingerprint density at radius 1 is 0.205 bits per heavy atom. The summed E-state index contributed by atoms with van der Waals surface area (Å²) in [6.07, 6.45) is 0. The van der Waals surface area contributed by atoms with E-state index in [2.05, 4.69) is 418 Å². The fraction of sp³-hybridized carbons (Fsp3) is 0.150. The Morgan fingerprint density at radius 3 is 0.939 bits per heavy atom. The van der Waals surface area contributed by atoms with Crippen molar-refractivity contribution in [1.82, 2.24) is 18.3 Å². The van der Waals surface area contributed by atoms with Crippen LogP contribution in [0.5, 0.6) is 11.5 Å². The maximum atomic E-state index is 7.72. The molecule has 9 nitrogen and oxygen atoms in total. The first-order valence-electron chi connectivity index (χ1n) is 47.0. The van der Waals surface area contributed by atoms with Crippen LogP contribution < -0.4 is 73.9 Å². The van der Waals surface area contributed by atoms with Crippen LogP contribution >= 0.6 is 0 Å². The van der Waals surface area contributed by atoms with Gasteiger partial charge in [0.05, 0.1) is 72.7 Å². The monoisotopic (exact) mass is 1700 g/mol. The van der Waals surface area contributed by atoms with Gasteiger partial charge < -0.3 is 43.0 Å². The average molecular weight is 1700 g/mol. The molecular formula is C120H97B3N8O. The largest absolute Gasteiger partial charge is 0.458 e. The van der Waals surface area contributed by atoms with E-state index in [9.17, 15) is 0 Å². The number of rotatable bonds is 6. The van der Waals surface area contributed by atoms with Gasteiger partial charge in [-0.15, -0.1) is 0 Å². The Kier molecular flexibility index (Phi) is 15.7. The van der Waals surface area contributed by atoms with Crippen molar-refractivity contribution in [2.24, 2.45) is 0 Å². The van der Waals surface area contributed by atoms with Gasteiger partial charge in [-0.3, -0.25) is 0 Å². The van der Waals surface area contributed by atoms with Crippen molar-refractivity contribution in [3.8, 4) is 34.2 Å². The highest BCUT2D eigenvalue weighted by Gasteiger charge is 2.52. The summed E-state index contributed by atoms with van der Waals surface area (Å²) < 4.78 is 18.0. The van der Waals surface area contributed by atoms with Crippen molar-refractivity contribution in [1.29, 1.82) is 0 Å². The third-order valence-corrected chi connectivity index (χ3v) is 30.6. The lowest BCUT2D eigenvalue weighted by Gasteiger charge is -2.48. The van der Waals surface area contributed by atoms with Gasteiger partial charge in [0.15, 0.2) is 0 Å². The van der Waals surface area contributed by atoms with Gasteiger partial charge >= 0.3 is 0 Å². The zero-order chi connectivity index (χ0) is 89.5. The van der Waals surface area contributed by atoms with E-state index in [-0.39, 0.29) is 20.1 Å². The fourth-order valence-corrected chi connectivity index (χ4v) is 25.8. The first-order chi connectivity index (χ1) is 63.8. The zero-order valence-electron chi connectivity index (χ0n) is 78.0. The molecule has 21 aromatic rings. The van der Waals surface area contributed by atoms with Crippen LogP contribution in [0, 0.1) is 125 Å². The van der Waals surface area contributed by atoms with Crippen molar-refractivity contribution in [3.63, 3.8) is 0 Å². The maximum absolute atomic E-state index is 7.72. The molecule has 0 bridgehead atoms. The molecule has 0 saturated heterocycles. The fourth-order valence-electron chi connectivity index (χ4n) is 25.8. The Bertz CT molecular complexity index is 8760. The minimum absolute atomic E-state index is 0.204. The lowest BCUT2D eigenvalue weighted by atomic mass is 9.29. The van der Waals surface area contributed by atoms with Crippen molar-refractivity contribution < 1.29 is 4.74 Å². The number of hydrogen-bond acceptors (Lipinski definition) is 5. The molecule has 0 amide bonds. The number of benzene rings is 17. The Balaban J connectivity index is 0.806. The van der Waals surface area contributed by atoms with Crippen LogP contribution in [-0.4, -0.2) is 38.4 Å². The minimum atomic E-state index is -0.363. The molecule has 27 rings (SSSR count). The van der Waals surface area contributed by atoms with Crippen LogP contribution in [0.2, 0.25) is 0 Å². The number of nitrogens with zero attached hydrogens (tertiary/aromatic N) is 7. The van der Waals surface area contributed by atoms with Gasteiger partial charge in [0.2, 0.25) is 0 Å². The molecular weight excluding hydrogens is 1600 g/mol. The molecule has 0 radical (unpaired) electrons. The van der Waals surface area contributed by atoms with Gasteiger partial charge in [-0.25, -0.2) is 0 Å². The van der Waals surface area contributed by atoms with Crippen molar-refractivity contribution >= 4 is 219 Å². The first kappa shape index (κ1) is 77.1. The second-order valence-corrected chi connectivity index (χ2v) is 40.2. The average Bonchev–Trinajstić information content (AvgIpc) is 1.66. The van der Waals surface area contributed by atoms with Crippen molar-refractivity contribution in [2.45, 2.75) is 125 Å². The number of fused-ring (bicyclic) bond motifs is 24. The van der Waals surface area contributed by atoms with Crippen LogP contribution in [-0.2, 0) is 0 Å². The predicted octanol–water partition coefficient (Wildman–Crippen LogP) is 25.0. The third kappa shape index (κ3) is 10.5. The summed E-state index contributed by atoms with van der Waals surface area (Å²) in [5.41, 5.74) is 59.6. The van der Waals surface area contributed by atoms with Gasteiger partial charge in [-0.1, -0.05) is 176 Å². The third-order valence-electron chi connectivity index (χ3n) is 30.6. The Hall–Kier alpha value is -14.9. The van der Waals surface area contributed by atoms with E-state index in [1.807, 2.05) is 0 Å². The molecule has 0 atom stereocenters. The predicted molar refractivity (Wildman–Crippen MR) is 563 cm³/mol. The van der Waals surface area contributed by atoms with Gasteiger partial charge in [0, 0.05) is 106 Å². The van der Waals surface area contributed by atoms with E-state index in [1.54, 1.807) is 0 Å². The Morgan fingerprint density at radius 2 is 0.515 bits per heavy atom. The molecule has 0 saturated carbocycles. The molecule has 0 fully saturated rings. The van der Waals surface area contributed by atoms with Gasteiger partial charge in [-0.05, 0) is 347 Å². The van der Waals surface area contributed by atoms with Crippen LogP contribution in [0.15, 0.2) is 255 Å². The molecule has 132 heavy (non-hydrogen) atoms. The molecule has 12 heteroatoms. The number of hydrogen-bond donors (Lipinski definition) is 1. The number of ether oxygens (including phenoxy) is 1. The summed E-state index contributed by atoms with van der Waals surface area (Å²) in [7, 11) is 0. The summed E-state index contributed by atoms with van der Waals surface area (Å²) in [5.74, 6) is 1.73. The van der Waals surface area contributed by atoms with Crippen molar-refractivity contribution in [2.75, 3.05) is 20.0 Å². The van der Waals surface area contributed by atoms with E-state index >= 15 is 0 Å². The molecule has 0 spiro atoms. The molecule has 17 aromatic carbocycles. The molecule has 6 aliphatic heterocycles. The highest BCUT2D eigenvalue weighted by atomic mass is 16.5. The van der Waals surface area contributed by atoms with E-state index < -0.39 is 0 Å². The summed E-state index contributed by atoms with van der Waals surface area (Å²) >= 11 is 0. The quantitative estimate of drug-likeness (QED) is 0.168. The summed E-state index contributed by atoms with van der Waals surface area (Å²) in [6.45, 7) is 40.3. The molecule has 0 aliphatic carbocycles. The molecule has 4 aromatic heterocycles. The van der Waals surface area contributed by atoms with Gasteiger partial charge in [-0.2, -0.15) is 0 Å².